The molecule has 0 aromatic carbocycles. The zero-order valence-electron chi connectivity index (χ0n) is 15.3. The van der Waals surface area contributed by atoms with E-state index in [1.807, 2.05) is 13.0 Å². The average Bonchev–Trinajstić information content (AvgIpc) is 3.21. The molecule has 0 aliphatic heterocycles. The summed E-state index contributed by atoms with van der Waals surface area (Å²) in [5.41, 5.74) is 8.15. The van der Waals surface area contributed by atoms with Crippen LogP contribution < -0.4 is 11.1 Å². The van der Waals surface area contributed by atoms with Crippen LogP contribution in [0.1, 0.15) is 42.2 Å². The summed E-state index contributed by atoms with van der Waals surface area (Å²) in [5.74, 6) is 1.71. The lowest BCUT2D eigenvalue weighted by Gasteiger charge is -2.32. The SMILES string of the molecule is Cc1cc(Nc2nc(N)c3sc([C@H]4CC[C@H](N(C)C)CC4)cc3n2)sn1. The third-order valence-electron chi connectivity index (χ3n) is 5.11. The Morgan fingerprint density at radius 2 is 1.92 bits per heavy atom. The highest BCUT2D eigenvalue weighted by molar-refractivity contribution is 7.19. The van der Waals surface area contributed by atoms with E-state index in [1.54, 1.807) is 11.3 Å². The van der Waals surface area contributed by atoms with Gasteiger partial charge in [0.05, 0.1) is 15.9 Å². The van der Waals surface area contributed by atoms with E-state index < -0.39 is 0 Å². The number of fused-ring (bicyclic) bond motifs is 1. The van der Waals surface area contributed by atoms with E-state index in [0.717, 1.165) is 20.9 Å². The van der Waals surface area contributed by atoms with Gasteiger partial charge in [-0.15, -0.1) is 11.3 Å². The molecule has 0 bridgehead atoms. The Morgan fingerprint density at radius 3 is 2.58 bits per heavy atom. The summed E-state index contributed by atoms with van der Waals surface area (Å²) in [6.45, 7) is 1.97. The molecule has 1 saturated carbocycles. The van der Waals surface area contributed by atoms with E-state index >= 15 is 0 Å². The molecule has 0 amide bonds. The number of nitrogens with zero attached hydrogens (tertiary/aromatic N) is 4. The highest BCUT2D eigenvalue weighted by Gasteiger charge is 2.25. The fraction of sp³-hybridized carbons (Fsp3) is 0.500. The van der Waals surface area contributed by atoms with E-state index in [4.69, 9.17) is 5.73 Å². The van der Waals surface area contributed by atoms with Crippen molar-refractivity contribution in [2.75, 3.05) is 25.1 Å². The van der Waals surface area contributed by atoms with Crippen LogP contribution in [-0.2, 0) is 0 Å². The van der Waals surface area contributed by atoms with Crippen molar-refractivity contribution in [1.82, 2.24) is 19.2 Å². The Hall–Kier alpha value is -1.77. The van der Waals surface area contributed by atoms with Crippen LogP contribution in [0.3, 0.4) is 0 Å². The lowest BCUT2D eigenvalue weighted by atomic mass is 9.85. The molecule has 8 heteroatoms. The first-order chi connectivity index (χ1) is 12.5. The van der Waals surface area contributed by atoms with Gasteiger partial charge in [-0.05, 0) is 76.3 Å². The second-order valence-corrected chi connectivity index (χ2v) is 9.11. The van der Waals surface area contributed by atoms with Crippen molar-refractivity contribution in [3.8, 4) is 0 Å². The van der Waals surface area contributed by atoms with E-state index in [9.17, 15) is 0 Å². The number of nitrogens with one attached hydrogen (secondary N) is 1. The fourth-order valence-electron chi connectivity index (χ4n) is 3.64. The van der Waals surface area contributed by atoms with Crippen molar-refractivity contribution in [3.05, 3.63) is 22.7 Å². The van der Waals surface area contributed by atoms with Crippen molar-refractivity contribution >= 4 is 49.9 Å². The third kappa shape index (κ3) is 3.54. The molecule has 3 heterocycles. The van der Waals surface area contributed by atoms with Gasteiger partial charge < -0.3 is 16.0 Å². The van der Waals surface area contributed by atoms with Gasteiger partial charge in [-0.25, -0.2) is 4.98 Å². The van der Waals surface area contributed by atoms with Crippen molar-refractivity contribution in [2.24, 2.45) is 0 Å². The van der Waals surface area contributed by atoms with E-state index in [0.29, 0.717) is 23.7 Å². The minimum absolute atomic E-state index is 0.541. The number of nitrogen functional groups attached to an aromatic ring is 1. The van der Waals surface area contributed by atoms with Gasteiger partial charge in [0.2, 0.25) is 5.95 Å². The maximum Gasteiger partial charge on any atom is 0.230 e. The lowest BCUT2D eigenvalue weighted by molar-refractivity contribution is 0.217. The molecule has 3 aromatic heterocycles. The van der Waals surface area contributed by atoms with Gasteiger partial charge in [-0.3, -0.25) is 0 Å². The molecule has 0 radical (unpaired) electrons. The van der Waals surface area contributed by atoms with E-state index in [-0.39, 0.29) is 0 Å². The predicted octanol–water partition coefficient (Wildman–Crippen LogP) is 4.37. The first kappa shape index (κ1) is 17.6. The number of hydrogen-bond acceptors (Lipinski definition) is 8. The molecular weight excluding hydrogens is 364 g/mol. The molecule has 138 valence electrons. The molecule has 3 aromatic rings. The van der Waals surface area contributed by atoms with Crippen LogP contribution in [0.5, 0.6) is 0 Å². The fourth-order valence-corrected chi connectivity index (χ4v) is 5.46. The highest BCUT2D eigenvalue weighted by Crippen LogP contribution is 2.40. The molecule has 0 unspecified atom stereocenters. The molecule has 6 nitrogen and oxygen atoms in total. The van der Waals surface area contributed by atoms with Crippen LogP contribution in [0, 0.1) is 6.92 Å². The molecule has 4 rings (SSSR count). The normalized spacial score (nSPS) is 20.8. The van der Waals surface area contributed by atoms with Crippen molar-refractivity contribution in [3.63, 3.8) is 0 Å². The first-order valence-electron chi connectivity index (χ1n) is 8.93. The van der Waals surface area contributed by atoms with Gasteiger partial charge in [-0.1, -0.05) is 0 Å². The van der Waals surface area contributed by atoms with Gasteiger partial charge in [-0.2, -0.15) is 9.36 Å². The van der Waals surface area contributed by atoms with Crippen LogP contribution in [0.25, 0.3) is 10.2 Å². The third-order valence-corrected chi connectivity index (χ3v) is 7.21. The molecule has 0 spiro atoms. The molecular formula is C18H24N6S2. The zero-order valence-corrected chi connectivity index (χ0v) is 17.0. The van der Waals surface area contributed by atoms with Crippen molar-refractivity contribution in [2.45, 2.75) is 44.6 Å². The standard InChI is InChI=1S/C18H24N6S2/c1-10-8-15(26-23-10)21-18-20-13-9-14(25-16(13)17(19)22-18)11-4-6-12(7-5-11)24(2)3/h8-9,11-12H,4-7H2,1-3H3,(H3,19,20,21,22)/t11-,12-. The lowest BCUT2D eigenvalue weighted by Crippen LogP contribution is -2.31. The van der Waals surface area contributed by atoms with E-state index in [2.05, 4.69) is 44.7 Å². The molecule has 3 N–H and O–H groups in total. The molecule has 1 aliphatic carbocycles. The second-order valence-electron chi connectivity index (χ2n) is 7.22. The summed E-state index contributed by atoms with van der Waals surface area (Å²) in [6.07, 6.45) is 4.97. The van der Waals surface area contributed by atoms with Crippen molar-refractivity contribution in [1.29, 1.82) is 0 Å². The minimum Gasteiger partial charge on any atom is -0.382 e. The van der Waals surface area contributed by atoms with Crippen LogP contribution in [0.15, 0.2) is 12.1 Å². The largest absolute Gasteiger partial charge is 0.382 e. The van der Waals surface area contributed by atoms with Gasteiger partial charge in [0.1, 0.15) is 10.8 Å². The summed E-state index contributed by atoms with van der Waals surface area (Å²) >= 11 is 3.16. The van der Waals surface area contributed by atoms with Crippen LogP contribution in [0.4, 0.5) is 16.8 Å². The topological polar surface area (TPSA) is 80.0 Å². The van der Waals surface area contributed by atoms with Crippen LogP contribution in [-0.4, -0.2) is 39.4 Å². The number of nitrogens with two attached hydrogens (primary N) is 1. The number of aromatic nitrogens is 3. The minimum atomic E-state index is 0.541. The van der Waals surface area contributed by atoms with E-state index in [1.165, 1.54) is 42.1 Å². The molecule has 0 atom stereocenters. The Morgan fingerprint density at radius 1 is 1.15 bits per heavy atom. The summed E-state index contributed by atoms with van der Waals surface area (Å²) < 4.78 is 5.27. The molecule has 26 heavy (non-hydrogen) atoms. The smallest absolute Gasteiger partial charge is 0.230 e. The van der Waals surface area contributed by atoms with Gasteiger partial charge in [0.25, 0.3) is 0 Å². The molecule has 0 saturated heterocycles. The monoisotopic (exact) mass is 388 g/mol. The molecule has 1 fully saturated rings. The Labute approximate surface area is 161 Å². The summed E-state index contributed by atoms with van der Waals surface area (Å²) in [4.78, 5) is 12.9. The van der Waals surface area contributed by atoms with Gasteiger partial charge in [0.15, 0.2) is 0 Å². The van der Waals surface area contributed by atoms with Crippen molar-refractivity contribution < 1.29 is 0 Å². The van der Waals surface area contributed by atoms with Crippen LogP contribution >= 0.6 is 22.9 Å². The van der Waals surface area contributed by atoms with Crippen LogP contribution in [0.2, 0.25) is 0 Å². The highest BCUT2D eigenvalue weighted by atomic mass is 32.1. The summed E-state index contributed by atoms with van der Waals surface area (Å²) in [7, 11) is 4.36. The second kappa shape index (κ2) is 7.09. The Balaban J connectivity index is 1.56. The Kier molecular flexibility index (Phi) is 4.81. The maximum absolute atomic E-state index is 6.22. The maximum atomic E-state index is 6.22. The first-order valence-corrected chi connectivity index (χ1v) is 10.5. The average molecular weight is 389 g/mol. The molecule has 1 aliphatic rings. The summed E-state index contributed by atoms with van der Waals surface area (Å²) in [5, 5.41) is 4.15. The number of rotatable bonds is 4. The number of aryl methyl sites for hydroxylation is 1. The number of anilines is 3. The Bertz CT molecular complexity index is 908. The number of hydrogen-bond donors (Lipinski definition) is 2. The predicted molar refractivity (Wildman–Crippen MR) is 111 cm³/mol. The van der Waals surface area contributed by atoms with Gasteiger partial charge >= 0.3 is 0 Å². The van der Waals surface area contributed by atoms with Gasteiger partial charge in [0, 0.05) is 10.9 Å². The number of thiophene rings is 1. The summed E-state index contributed by atoms with van der Waals surface area (Å²) in [6, 6.07) is 4.91. The quantitative estimate of drug-likeness (QED) is 0.691. The zero-order chi connectivity index (χ0) is 18.3.